The summed E-state index contributed by atoms with van der Waals surface area (Å²) in [5, 5.41) is 7.54. The molecule has 1 nitrogen and oxygen atoms in total. The second-order valence-corrected chi connectivity index (χ2v) is 2.18. The second kappa shape index (κ2) is 4.10. The summed E-state index contributed by atoms with van der Waals surface area (Å²) >= 11 is 5.29. The van der Waals surface area contributed by atoms with Gasteiger partial charge in [0, 0.05) is 0 Å². The van der Waals surface area contributed by atoms with Crippen LogP contribution in [0.15, 0.2) is 0 Å². The summed E-state index contributed by atoms with van der Waals surface area (Å²) in [6.45, 7) is 1.41. The fourth-order valence-electron chi connectivity index (χ4n) is 0.370. The maximum atomic E-state index is 12.2. The zero-order chi connectivity index (χ0) is 6.57. The van der Waals surface area contributed by atoms with Crippen molar-refractivity contribution in [1.29, 1.82) is 0 Å². The van der Waals surface area contributed by atoms with Gasteiger partial charge in [-0.25, -0.2) is 4.39 Å². The minimum Gasteiger partial charge on any atom is -0.395 e. The van der Waals surface area contributed by atoms with E-state index in [-0.39, 0.29) is 6.61 Å². The van der Waals surface area contributed by atoms with Crippen molar-refractivity contribution in [2.24, 2.45) is 0 Å². The fraction of sp³-hybridized carbons (Fsp3) is 1.00. The minimum absolute atomic E-state index is 0.281. The summed E-state index contributed by atoms with van der Waals surface area (Å²) in [5.41, 5.74) is 0. The molecule has 2 atom stereocenters. The molecule has 0 amide bonds. The standard InChI is InChI=1S/C5H10ClFO/c1-2-5(7)4(6)3-8/h4-5,8H,2-3H2,1H3. The summed E-state index contributed by atoms with van der Waals surface area (Å²) in [6.07, 6.45) is -0.698. The summed E-state index contributed by atoms with van der Waals surface area (Å²) in [6, 6.07) is 0. The Morgan fingerprint density at radius 1 is 1.75 bits per heavy atom. The van der Waals surface area contributed by atoms with Gasteiger partial charge >= 0.3 is 0 Å². The van der Waals surface area contributed by atoms with Crippen LogP contribution in [0, 0.1) is 0 Å². The van der Waals surface area contributed by atoms with Gasteiger partial charge in [0.1, 0.15) is 6.17 Å². The predicted molar refractivity (Wildman–Crippen MR) is 31.9 cm³/mol. The van der Waals surface area contributed by atoms with Crippen LogP contribution in [0.1, 0.15) is 13.3 Å². The molecule has 0 aliphatic rings. The highest BCUT2D eigenvalue weighted by atomic mass is 35.5. The van der Waals surface area contributed by atoms with Crippen LogP contribution in [0.25, 0.3) is 0 Å². The molecule has 0 heterocycles. The Balaban J connectivity index is 3.29. The first kappa shape index (κ1) is 8.18. The largest absolute Gasteiger partial charge is 0.395 e. The molecule has 0 radical (unpaired) electrons. The molecule has 0 aliphatic heterocycles. The van der Waals surface area contributed by atoms with E-state index in [1.807, 2.05) is 0 Å². The molecular weight excluding hydrogens is 131 g/mol. The van der Waals surface area contributed by atoms with Crippen LogP contribution in [0.5, 0.6) is 0 Å². The van der Waals surface area contributed by atoms with Gasteiger partial charge in [-0.15, -0.1) is 11.6 Å². The van der Waals surface area contributed by atoms with E-state index in [2.05, 4.69) is 0 Å². The number of hydrogen-bond acceptors (Lipinski definition) is 1. The van der Waals surface area contributed by atoms with Gasteiger partial charge in [0.2, 0.25) is 0 Å². The van der Waals surface area contributed by atoms with Crippen LogP contribution < -0.4 is 0 Å². The summed E-state index contributed by atoms with van der Waals surface area (Å²) in [4.78, 5) is 0. The van der Waals surface area contributed by atoms with Gasteiger partial charge in [0.15, 0.2) is 0 Å². The van der Waals surface area contributed by atoms with E-state index in [0.717, 1.165) is 0 Å². The molecule has 1 N–H and O–H groups in total. The Bertz CT molecular complexity index is 52.4. The molecule has 0 aromatic heterocycles. The normalized spacial score (nSPS) is 18.0. The van der Waals surface area contributed by atoms with E-state index in [1.165, 1.54) is 0 Å². The monoisotopic (exact) mass is 140 g/mol. The average molecular weight is 141 g/mol. The highest BCUT2D eigenvalue weighted by molar-refractivity contribution is 6.21. The third-order valence-electron chi connectivity index (χ3n) is 0.957. The van der Waals surface area contributed by atoms with E-state index in [4.69, 9.17) is 16.7 Å². The molecule has 2 unspecified atom stereocenters. The number of aliphatic hydroxyl groups excluding tert-OH is 1. The van der Waals surface area contributed by atoms with Gasteiger partial charge in [-0.2, -0.15) is 0 Å². The SMILES string of the molecule is CCC(F)C(Cl)CO. The summed E-state index contributed by atoms with van der Waals surface area (Å²) in [5.74, 6) is 0. The number of aliphatic hydroxyl groups is 1. The van der Waals surface area contributed by atoms with Crippen molar-refractivity contribution in [2.45, 2.75) is 24.9 Å². The van der Waals surface area contributed by atoms with E-state index >= 15 is 0 Å². The molecule has 0 bridgehead atoms. The van der Waals surface area contributed by atoms with Gasteiger partial charge < -0.3 is 5.11 Å². The van der Waals surface area contributed by atoms with Gasteiger partial charge in [0.25, 0.3) is 0 Å². The third-order valence-corrected chi connectivity index (χ3v) is 1.37. The first-order valence-electron chi connectivity index (χ1n) is 2.61. The van der Waals surface area contributed by atoms with Crippen LogP contribution >= 0.6 is 11.6 Å². The van der Waals surface area contributed by atoms with Crippen molar-refractivity contribution in [3.63, 3.8) is 0 Å². The number of alkyl halides is 2. The summed E-state index contributed by atoms with van der Waals surface area (Å²) < 4.78 is 12.2. The molecular formula is C5H10ClFO. The highest BCUT2D eigenvalue weighted by Gasteiger charge is 2.13. The lowest BCUT2D eigenvalue weighted by molar-refractivity contribution is 0.222. The van der Waals surface area contributed by atoms with Crippen LogP contribution in [0.2, 0.25) is 0 Å². The van der Waals surface area contributed by atoms with Gasteiger partial charge in [-0.3, -0.25) is 0 Å². The van der Waals surface area contributed by atoms with Gasteiger partial charge in [-0.05, 0) is 6.42 Å². The maximum absolute atomic E-state index is 12.2. The molecule has 3 heteroatoms. The molecule has 8 heavy (non-hydrogen) atoms. The second-order valence-electron chi connectivity index (χ2n) is 1.62. The number of rotatable bonds is 3. The number of halogens is 2. The topological polar surface area (TPSA) is 20.2 Å². The molecule has 0 aliphatic carbocycles. The van der Waals surface area contributed by atoms with Crippen molar-refractivity contribution in [3.8, 4) is 0 Å². The van der Waals surface area contributed by atoms with Gasteiger partial charge in [0.05, 0.1) is 12.0 Å². The van der Waals surface area contributed by atoms with Crippen molar-refractivity contribution < 1.29 is 9.50 Å². The zero-order valence-electron chi connectivity index (χ0n) is 4.77. The molecule has 0 saturated carbocycles. The van der Waals surface area contributed by atoms with E-state index in [9.17, 15) is 4.39 Å². The number of hydrogen-bond donors (Lipinski definition) is 1. The van der Waals surface area contributed by atoms with Crippen molar-refractivity contribution in [3.05, 3.63) is 0 Å². The Hall–Kier alpha value is 0.180. The Morgan fingerprint density at radius 2 is 2.25 bits per heavy atom. The van der Waals surface area contributed by atoms with Crippen LogP contribution in [-0.2, 0) is 0 Å². The lowest BCUT2D eigenvalue weighted by Crippen LogP contribution is -2.18. The predicted octanol–water partition coefficient (Wildman–Crippen LogP) is 1.33. The molecule has 50 valence electrons. The van der Waals surface area contributed by atoms with Crippen molar-refractivity contribution in [1.82, 2.24) is 0 Å². The quantitative estimate of drug-likeness (QED) is 0.587. The Kier molecular flexibility index (Phi) is 4.19. The highest BCUT2D eigenvalue weighted by Crippen LogP contribution is 2.08. The smallest absolute Gasteiger partial charge is 0.118 e. The summed E-state index contributed by atoms with van der Waals surface area (Å²) in [7, 11) is 0. The zero-order valence-corrected chi connectivity index (χ0v) is 5.53. The molecule has 0 aromatic carbocycles. The lowest BCUT2D eigenvalue weighted by Gasteiger charge is -2.07. The fourth-order valence-corrected chi connectivity index (χ4v) is 0.548. The Morgan fingerprint density at radius 3 is 2.38 bits per heavy atom. The Labute approximate surface area is 53.5 Å². The maximum Gasteiger partial charge on any atom is 0.118 e. The molecule has 0 rings (SSSR count). The van der Waals surface area contributed by atoms with E-state index in [1.54, 1.807) is 6.92 Å². The van der Waals surface area contributed by atoms with E-state index < -0.39 is 11.5 Å². The first-order valence-corrected chi connectivity index (χ1v) is 3.05. The molecule has 0 aromatic rings. The minimum atomic E-state index is -1.07. The van der Waals surface area contributed by atoms with Crippen molar-refractivity contribution >= 4 is 11.6 Å². The third kappa shape index (κ3) is 2.48. The lowest BCUT2D eigenvalue weighted by atomic mass is 10.2. The van der Waals surface area contributed by atoms with Crippen LogP contribution in [0.3, 0.4) is 0 Å². The van der Waals surface area contributed by atoms with Gasteiger partial charge in [-0.1, -0.05) is 6.92 Å². The first-order chi connectivity index (χ1) is 3.72. The van der Waals surface area contributed by atoms with Crippen molar-refractivity contribution in [2.75, 3.05) is 6.61 Å². The molecule has 0 fully saturated rings. The molecule has 0 spiro atoms. The van der Waals surface area contributed by atoms with Crippen LogP contribution in [0.4, 0.5) is 4.39 Å². The van der Waals surface area contributed by atoms with E-state index in [0.29, 0.717) is 6.42 Å². The average Bonchev–Trinajstić information content (AvgIpc) is 1.84. The molecule has 0 saturated heterocycles. The van der Waals surface area contributed by atoms with Crippen LogP contribution in [-0.4, -0.2) is 23.3 Å².